The van der Waals surface area contributed by atoms with Gasteiger partial charge < -0.3 is 14.8 Å². The van der Waals surface area contributed by atoms with Crippen LogP contribution in [0, 0.1) is 27.7 Å². The summed E-state index contributed by atoms with van der Waals surface area (Å²) in [6.45, 7) is 8.16. The predicted molar refractivity (Wildman–Crippen MR) is 163 cm³/mol. The number of anilines is 2. The zero-order valence-electron chi connectivity index (χ0n) is 22.4. The number of rotatable bonds is 6. The number of hydrogen-bond acceptors (Lipinski definition) is 4. The first-order valence-corrected chi connectivity index (χ1v) is 15.2. The van der Waals surface area contributed by atoms with Gasteiger partial charge in [-0.15, -0.1) is 0 Å². The molecule has 3 heterocycles. The summed E-state index contributed by atoms with van der Waals surface area (Å²) in [5.74, 6) is 0. The normalized spacial score (nSPS) is 17.4. The van der Waals surface area contributed by atoms with E-state index in [0.717, 1.165) is 51.4 Å². The monoisotopic (exact) mass is 579 g/mol. The highest BCUT2D eigenvalue weighted by Gasteiger charge is 2.42. The number of benzene rings is 2. The second-order valence-corrected chi connectivity index (χ2v) is 12.5. The molecule has 2 atom stereocenters. The molecule has 0 spiro atoms. The molecule has 1 aliphatic rings. The van der Waals surface area contributed by atoms with Gasteiger partial charge in [0.2, 0.25) is 10.0 Å². The summed E-state index contributed by atoms with van der Waals surface area (Å²) in [7, 11) is -3.40. The van der Waals surface area contributed by atoms with E-state index in [4.69, 9.17) is 23.8 Å². The molecule has 39 heavy (non-hydrogen) atoms. The minimum Gasteiger partial charge on any atom is -0.351 e. The zero-order valence-corrected chi connectivity index (χ0v) is 24.7. The van der Waals surface area contributed by atoms with Crippen molar-refractivity contribution >= 4 is 50.3 Å². The van der Waals surface area contributed by atoms with E-state index in [2.05, 4.69) is 51.3 Å². The van der Waals surface area contributed by atoms with Crippen molar-refractivity contribution in [1.29, 1.82) is 0 Å². The molecule has 1 fully saturated rings. The van der Waals surface area contributed by atoms with Gasteiger partial charge >= 0.3 is 0 Å². The molecule has 4 aromatic rings. The molecule has 1 saturated heterocycles. The molecule has 10 heteroatoms. The van der Waals surface area contributed by atoms with Gasteiger partial charge in [0.05, 0.1) is 29.7 Å². The fourth-order valence-electron chi connectivity index (χ4n) is 5.34. The number of halogens is 1. The van der Waals surface area contributed by atoms with Gasteiger partial charge in [0.1, 0.15) is 0 Å². The quantitative estimate of drug-likeness (QED) is 0.261. The van der Waals surface area contributed by atoms with Crippen LogP contribution in [0.3, 0.4) is 0 Å². The molecule has 202 valence electrons. The van der Waals surface area contributed by atoms with E-state index in [1.165, 1.54) is 0 Å². The van der Waals surface area contributed by atoms with Crippen LogP contribution in [-0.2, 0) is 10.0 Å². The molecular formula is C29H30ClN5O2S2. The molecule has 5 rings (SSSR count). The Bertz CT molecular complexity index is 1690. The van der Waals surface area contributed by atoms with Crippen molar-refractivity contribution in [3.05, 3.63) is 106 Å². The number of aryl methyl sites for hydroxylation is 3. The van der Waals surface area contributed by atoms with E-state index >= 15 is 0 Å². The Morgan fingerprint density at radius 2 is 1.77 bits per heavy atom. The highest BCUT2D eigenvalue weighted by Crippen LogP contribution is 2.44. The van der Waals surface area contributed by atoms with E-state index < -0.39 is 10.0 Å². The van der Waals surface area contributed by atoms with Crippen LogP contribution in [0.25, 0.3) is 5.69 Å². The largest absolute Gasteiger partial charge is 0.351 e. The first-order valence-electron chi connectivity index (χ1n) is 12.5. The lowest BCUT2D eigenvalue weighted by Gasteiger charge is -2.29. The Kier molecular flexibility index (Phi) is 7.17. The average Bonchev–Trinajstić information content (AvgIpc) is 3.37. The first kappa shape index (κ1) is 27.2. The highest BCUT2D eigenvalue weighted by molar-refractivity contribution is 7.92. The van der Waals surface area contributed by atoms with Crippen LogP contribution in [-0.4, -0.2) is 29.3 Å². The lowest BCUT2D eigenvalue weighted by Crippen LogP contribution is -2.29. The molecule has 0 bridgehead atoms. The van der Waals surface area contributed by atoms with Crippen LogP contribution < -0.4 is 14.9 Å². The molecule has 2 aromatic heterocycles. The van der Waals surface area contributed by atoms with Gasteiger partial charge in [-0.25, -0.2) is 8.42 Å². The van der Waals surface area contributed by atoms with Crippen molar-refractivity contribution in [3.63, 3.8) is 0 Å². The van der Waals surface area contributed by atoms with Crippen molar-refractivity contribution in [2.45, 2.75) is 39.8 Å². The van der Waals surface area contributed by atoms with Crippen molar-refractivity contribution in [3.8, 4) is 5.69 Å². The van der Waals surface area contributed by atoms with Crippen molar-refractivity contribution < 1.29 is 8.42 Å². The smallest absolute Gasteiger partial charge is 0.229 e. The van der Waals surface area contributed by atoms with Gasteiger partial charge in [-0.1, -0.05) is 23.7 Å². The molecule has 0 aliphatic carbocycles. The second-order valence-electron chi connectivity index (χ2n) is 9.96. The third-order valence-corrected chi connectivity index (χ3v) is 8.22. The average molecular weight is 580 g/mol. The molecule has 0 unspecified atom stereocenters. The fourth-order valence-corrected chi connectivity index (χ4v) is 6.48. The van der Waals surface area contributed by atoms with Gasteiger partial charge in [-0.3, -0.25) is 9.71 Å². The number of nitrogens with zero attached hydrogens (tertiary/aromatic N) is 3. The minimum atomic E-state index is -3.40. The maximum Gasteiger partial charge on any atom is 0.229 e. The van der Waals surface area contributed by atoms with Gasteiger partial charge in [-0.2, -0.15) is 0 Å². The summed E-state index contributed by atoms with van der Waals surface area (Å²) >= 11 is 12.3. The van der Waals surface area contributed by atoms with Crippen molar-refractivity contribution in [2.75, 3.05) is 15.9 Å². The number of nitrogens with one attached hydrogen (secondary N) is 2. The Morgan fingerprint density at radius 1 is 1.00 bits per heavy atom. The fraction of sp³-hybridized carbons (Fsp3) is 0.241. The molecule has 2 N–H and O–H groups in total. The molecule has 0 radical (unpaired) electrons. The Morgan fingerprint density at radius 3 is 2.44 bits per heavy atom. The lowest BCUT2D eigenvalue weighted by molar-refractivity contribution is 0.565. The summed E-state index contributed by atoms with van der Waals surface area (Å²) in [5.41, 5.74) is 8.47. The molecule has 0 saturated carbocycles. The molecule has 1 aliphatic heterocycles. The predicted octanol–water partition coefficient (Wildman–Crippen LogP) is 6.31. The van der Waals surface area contributed by atoms with Crippen LogP contribution in [0.1, 0.15) is 45.9 Å². The summed E-state index contributed by atoms with van der Waals surface area (Å²) < 4.78 is 28.5. The van der Waals surface area contributed by atoms with Crippen LogP contribution in [0.15, 0.2) is 66.9 Å². The molecule has 0 amide bonds. The van der Waals surface area contributed by atoms with Crippen molar-refractivity contribution in [2.24, 2.45) is 0 Å². The standard InChI is InChI=1S/C29H30ClN5O2S2/c1-17-9-10-21(30)16-26(17)34-19(3)15-23(20(34)4)28-27(25-8-6-7-13-31-25)32-29(38)35(28)22-11-12-24(18(2)14-22)33-39(5,36)37/h6-16,27-28,33H,1-5H3,(H,32,38)/t27-,28-/m1/s1. The Labute approximate surface area is 239 Å². The van der Waals surface area contributed by atoms with Crippen LogP contribution in [0.5, 0.6) is 0 Å². The number of thiocarbonyl (C=S) groups is 1. The maximum absolute atomic E-state index is 11.8. The third-order valence-electron chi connectivity index (χ3n) is 7.08. The Hall–Kier alpha value is -3.40. The van der Waals surface area contributed by atoms with Gasteiger partial charge in [0.25, 0.3) is 0 Å². The second kappa shape index (κ2) is 10.3. The van der Waals surface area contributed by atoms with Crippen LogP contribution in [0.4, 0.5) is 11.4 Å². The Balaban J connectivity index is 1.67. The van der Waals surface area contributed by atoms with E-state index in [1.807, 2.05) is 55.5 Å². The maximum atomic E-state index is 11.8. The third kappa shape index (κ3) is 5.26. The number of hydrogen-bond donors (Lipinski definition) is 2. The topological polar surface area (TPSA) is 79.3 Å². The van der Waals surface area contributed by atoms with Crippen LogP contribution >= 0.6 is 23.8 Å². The number of aromatic nitrogens is 2. The number of pyridine rings is 1. The van der Waals surface area contributed by atoms with Crippen LogP contribution in [0.2, 0.25) is 5.02 Å². The summed E-state index contributed by atoms with van der Waals surface area (Å²) in [4.78, 5) is 6.76. The molecule has 7 nitrogen and oxygen atoms in total. The molecule has 2 aromatic carbocycles. The first-order chi connectivity index (χ1) is 18.4. The lowest BCUT2D eigenvalue weighted by atomic mass is 9.96. The van der Waals surface area contributed by atoms with E-state index in [-0.39, 0.29) is 12.1 Å². The van der Waals surface area contributed by atoms with Gasteiger partial charge in [-0.05, 0) is 105 Å². The van der Waals surface area contributed by atoms with Gasteiger partial charge in [0, 0.05) is 34.0 Å². The summed E-state index contributed by atoms with van der Waals surface area (Å²) in [6, 6.07) is 19.2. The van der Waals surface area contributed by atoms with Crippen molar-refractivity contribution in [1.82, 2.24) is 14.9 Å². The van der Waals surface area contributed by atoms with Gasteiger partial charge in [0.15, 0.2) is 5.11 Å². The summed E-state index contributed by atoms with van der Waals surface area (Å²) in [5, 5.41) is 4.76. The molecular weight excluding hydrogens is 550 g/mol. The minimum absolute atomic E-state index is 0.206. The van der Waals surface area contributed by atoms with E-state index in [9.17, 15) is 8.42 Å². The zero-order chi connectivity index (χ0) is 28.1. The summed E-state index contributed by atoms with van der Waals surface area (Å²) in [6.07, 6.45) is 2.93. The number of sulfonamides is 1. The SMILES string of the molecule is Cc1cc(N2C(=S)N[C@H](c3ccccn3)[C@H]2c2cc(C)n(-c3cc(Cl)ccc3C)c2C)ccc1NS(C)(=O)=O. The van der Waals surface area contributed by atoms with E-state index in [0.29, 0.717) is 15.8 Å². The van der Waals surface area contributed by atoms with E-state index in [1.54, 1.807) is 12.3 Å². The highest BCUT2D eigenvalue weighted by atomic mass is 35.5.